The maximum absolute atomic E-state index is 11.5. The van der Waals surface area contributed by atoms with Gasteiger partial charge in [0.25, 0.3) is 0 Å². The van der Waals surface area contributed by atoms with Gasteiger partial charge in [0.05, 0.1) is 0 Å². The van der Waals surface area contributed by atoms with Crippen molar-refractivity contribution in [3.05, 3.63) is 29.3 Å². The summed E-state index contributed by atoms with van der Waals surface area (Å²) >= 11 is 0. The zero-order valence-electron chi connectivity index (χ0n) is 11.3. The Morgan fingerprint density at radius 2 is 1.94 bits per heavy atom. The topological polar surface area (TPSA) is 38.3 Å². The van der Waals surface area contributed by atoms with E-state index < -0.39 is 5.60 Å². The first kappa shape index (κ1) is 13.6. The Morgan fingerprint density at radius 3 is 2.53 bits per heavy atom. The Bertz CT molecular complexity index is 405. The largest absolute Gasteiger partial charge is 0.459 e. The molecule has 3 heteroatoms. The summed E-state index contributed by atoms with van der Waals surface area (Å²) in [5, 5.41) is 3.10. The first-order chi connectivity index (χ1) is 7.79. The molecule has 0 saturated heterocycles. The zero-order chi connectivity index (χ0) is 13.1. The van der Waals surface area contributed by atoms with E-state index in [1.165, 1.54) is 5.56 Å². The molecule has 0 fully saturated rings. The lowest BCUT2D eigenvalue weighted by Crippen LogP contribution is -2.28. The van der Waals surface area contributed by atoms with Crippen molar-refractivity contribution in [3.8, 4) is 0 Å². The van der Waals surface area contributed by atoms with Crippen LogP contribution in [0.3, 0.4) is 0 Å². The van der Waals surface area contributed by atoms with Gasteiger partial charge < -0.3 is 10.1 Å². The van der Waals surface area contributed by atoms with Crippen molar-refractivity contribution in [2.75, 3.05) is 11.9 Å². The molecule has 0 amide bonds. The van der Waals surface area contributed by atoms with Crippen LogP contribution in [0.4, 0.5) is 5.69 Å². The molecule has 94 valence electrons. The molecule has 0 aliphatic heterocycles. The highest BCUT2D eigenvalue weighted by Gasteiger charge is 2.15. The number of benzene rings is 1. The van der Waals surface area contributed by atoms with Gasteiger partial charge in [-0.1, -0.05) is 12.1 Å². The molecule has 1 N–H and O–H groups in total. The Labute approximate surface area is 103 Å². The number of ether oxygens (including phenoxy) is 1. The highest BCUT2D eigenvalue weighted by molar-refractivity contribution is 5.76. The van der Waals surface area contributed by atoms with E-state index in [2.05, 4.69) is 5.32 Å². The molecule has 17 heavy (non-hydrogen) atoms. The molecule has 1 aromatic carbocycles. The number of carbonyl (C=O) groups excluding carboxylic acids is 1. The Morgan fingerprint density at radius 1 is 1.29 bits per heavy atom. The Balaban J connectivity index is 2.56. The van der Waals surface area contributed by atoms with Gasteiger partial charge in [-0.2, -0.15) is 0 Å². The number of hydrogen-bond acceptors (Lipinski definition) is 3. The minimum atomic E-state index is -0.430. The molecule has 1 rings (SSSR count). The number of rotatable bonds is 3. The van der Waals surface area contributed by atoms with Crippen molar-refractivity contribution < 1.29 is 9.53 Å². The second-order valence-electron chi connectivity index (χ2n) is 5.19. The standard InChI is InChI=1S/C14H21NO2/c1-10-7-6-8-12(11(10)2)15-9-13(16)17-14(3,4)5/h6-8,15H,9H2,1-5H3. The molecule has 0 heterocycles. The lowest BCUT2D eigenvalue weighted by molar-refractivity contribution is -0.152. The quantitative estimate of drug-likeness (QED) is 0.818. The summed E-state index contributed by atoms with van der Waals surface area (Å²) in [6, 6.07) is 5.99. The van der Waals surface area contributed by atoms with Crippen LogP contribution in [0.2, 0.25) is 0 Å². The van der Waals surface area contributed by atoms with E-state index in [-0.39, 0.29) is 12.5 Å². The van der Waals surface area contributed by atoms with Crippen LogP contribution in [0.5, 0.6) is 0 Å². The predicted octanol–water partition coefficient (Wildman–Crippen LogP) is 3.06. The first-order valence-electron chi connectivity index (χ1n) is 5.81. The monoisotopic (exact) mass is 235 g/mol. The SMILES string of the molecule is Cc1cccc(NCC(=O)OC(C)(C)C)c1C. The fourth-order valence-corrected chi connectivity index (χ4v) is 1.49. The lowest BCUT2D eigenvalue weighted by Gasteiger charge is -2.20. The number of anilines is 1. The van der Waals surface area contributed by atoms with Gasteiger partial charge in [0.15, 0.2) is 0 Å². The molecule has 0 atom stereocenters. The van der Waals surface area contributed by atoms with Crippen molar-refractivity contribution in [3.63, 3.8) is 0 Å². The maximum atomic E-state index is 11.5. The first-order valence-corrected chi connectivity index (χ1v) is 5.81. The van der Waals surface area contributed by atoms with Crippen molar-refractivity contribution in [2.45, 2.75) is 40.2 Å². The van der Waals surface area contributed by atoms with E-state index >= 15 is 0 Å². The van der Waals surface area contributed by atoms with E-state index in [4.69, 9.17) is 4.74 Å². The second-order valence-corrected chi connectivity index (χ2v) is 5.19. The van der Waals surface area contributed by atoms with E-state index in [0.29, 0.717) is 0 Å². The van der Waals surface area contributed by atoms with Crippen LogP contribution in [0, 0.1) is 13.8 Å². The average molecular weight is 235 g/mol. The van der Waals surface area contributed by atoms with Crippen molar-refractivity contribution in [1.29, 1.82) is 0 Å². The van der Waals surface area contributed by atoms with Gasteiger partial charge in [-0.15, -0.1) is 0 Å². The van der Waals surface area contributed by atoms with E-state index in [0.717, 1.165) is 11.3 Å². The Hall–Kier alpha value is -1.51. The van der Waals surface area contributed by atoms with Gasteiger partial charge in [0.1, 0.15) is 12.1 Å². The molecule has 0 radical (unpaired) electrons. The maximum Gasteiger partial charge on any atom is 0.325 e. The third-order valence-corrected chi connectivity index (χ3v) is 2.45. The predicted molar refractivity (Wildman–Crippen MR) is 70.3 cm³/mol. The third-order valence-electron chi connectivity index (χ3n) is 2.45. The zero-order valence-corrected chi connectivity index (χ0v) is 11.3. The normalized spacial score (nSPS) is 11.1. The van der Waals surface area contributed by atoms with Gasteiger partial charge >= 0.3 is 5.97 Å². The summed E-state index contributed by atoms with van der Waals surface area (Å²) in [5.41, 5.74) is 2.92. The summed E-state index contributed by atoms with van der Waals surface area (Å²) in [7, 11) is 0. The summed E-state index contributed by atoms with van der Waals surface area (Å²) < 4.78 is 5.23. The van der Waals surface area contributed by atoms with Crippen molar-refractivity contribution in [2.24, 2.45) is 0 Å². The summed E-state index contributed by atoms with van der Waals surface area (Å²) in [4.78, 5) is 11.5. The highest BCUT2D eigenvalue weighted by atomic mass is 16.6. The van der Waals surface area contributed by atoms with Crippen LogP contribution >= 0.6 is 0 Å². The minimum absolute atomic E-state index is 0.196. The minimum Gasteiger partial charge on any atom is -0.459 e. The molecule has 1 aromatic rings. The van der Waals surface area contributed by atoms with Crippen LogP contribution < -0.4 is 5.32 Å². The number of hydrogen-bond donors (Lipinski definition) is 1. The van der Waals surface area contributed by atoms with Gasteiger partial charge in [0, 0.05) is 5.69 Å². The van der Waals surface area contributed by atoms with Crippen LogP contribution in [0.1, 0.15) is 31.9 Å². The summed E-state index contributed by atoms with van der Waals surface area (Å²) in [5.74, 6) is -0.238. The molecule has 0 saturated carbocycles. The second kappa shape index (κ2) is 5.21. The van der Waals surface area contributed by atoms with Crippen molar-refractivity contribution >= 4 is 11.7 Å². The summed E-state index contributed by atoms with van der Waals surface area (Å²) in [6.45, 7) is 9.87. The average Bonchev–Trinajstić information content (AvgIpc) is 2.18. The van der Waals surface area contributed by atoms with Gasteiger partial charge in [-0.3, -0.25) is 4.79 Å². The number of aryl methyl sites for hydroxylation is 1. The summed E-state index contributed by atoms with van der Waals surface area (Å²) in [6.07, 6.45) is 0. The molecule has 0 aliphatic rings. The van der Waals surface area contributed by atoms with E-state index in [1.807, 2.05) is 52.8 Å². The van der Waals surface area contributed by atoms with Crippen molar-refractivity contribution in [1.82, 2.24) is 0 Å². The van der Waals surface area contributed by atoms with Crippen LogP contribution in [0.15, 0.2) is 18.2 Å². The number of carbonyl (C=O) groups is 1. The fourth-order valence-electron chi connectivity index (χ4n) is 1.49. The highest BCUT2D eigenvalue weighted by Crippen LogP contribution is 2.17. The number of esters is 1. The smallest absolute Gasteiger partial charge is 0.325 e. The van der Waals surface area contributed by atoms with Crippen LogP contribution in [-0.2, 0) is 9.53 Å². The van der Waals surface area contributed by atoms with E-state index in [1.54, 1.807) is 0 Å². The number of nitrogens with one attached hydrogen (secondary N) is 1. The third kappa shape index (κ3) is 4.47. The van der Waals surface area contributed by atoms with Crippen LogP contribution in [-0.4, -0.2) is 18.1 Å². The molecule has 0 aromatic heterocycles. The molecule has 0 spiro atoms. The Kier molecular flexibility index (Phi) is 4.16. The van der Waals surface area contributed by atoms with Crippen LogP contribution in [0.25, 0.3) is 0 Å². The van der Waals surface area contributed by atoms with Gasteiger partial charge in [-0.05, 0) is 51.8 Å². The molecule has 0 bridgehead atoms. The molecule has 0 unspecified atom stereocenters. The van der Waals surface area contributed by atoms with E-state index in [9.17, 15) is 4.79 Å². The van der Waals surface area contributed by atoms with Gasteiger partial charge in [0.2, 0.25) is 0 Å². The fraction of sp³-hybridized carbons (Fsp3) is 0.500. The molecule has 0 aliphatic carbocycles. The molecule has 3 nitrogen and oxygen atoms in total. The molecular weight excluding hydrogens is 214 g/mol. The van der Waals surface area contributed by atoms with Gasteiger partial charge in [-0.25, -0.2) is 0 Å². The lowest BCUT2D eigenvalue weighted by atomic mass is 10.1. The molecular formula is C14H21NO2.